The summed E-state index contributed by atoms with van der Waals surface area (Å²) in [6.45, 7) is 1.86. The van der Waals surface area contributed by atoms with Crippen molar-refractivity contribution in [2.45, 2.75) is 31.0 Å². The van der Waals surface area contributed by atoms with Gasteiger partial charge in [-0.15, -0.1) is 0 Å². The molecule has 2 aliphatic rings. The molecule has 6 heteroatoms. The van der Waals surface area contributed by atoms with Crippen LogP contribution in [-0.4, -0.2) is 47.2 Å². The third kappa shape index (κ3) is 3.01. The third-order valence-corrected chi connectivity index (χ3v) is 4.67. The van der Waals surface area contributed by atoms with Gasteiger partial charge in [0.05, 0.1) is 31.2 Å². The van der Waals surface area contributed by atoms with Crippen LogP contribution in [0.1, 0.15) is 29.8 Å². The maximum Gasteiger partial charge on any atom is 0.289 e. The van der Waals surface area contributed by atoms with E-state index in [1.54, 1.807) is 24.5 Å². The van der Waals surface area contributed by atoms with Gasteiger partial charge < -0.3 is 18.8 Å². The molecule has 0 aromatic carbocycles. The van der Waals surface area contributed by atoms with Crippen molar-refractivity contribution in [3.05, 3.63) is 48.7 Å². The van der Waals surface area contributed by atoms with Gasteiger partial charge in [-0.25, -0.2) is 0 Å². The molecule has 2 aromatic rings. The summed E-state index contributed by atoms with van der Waals surface area (Å²) in [5, 5.41) is 0. The van der Waals surface area contributed by atoms with Crippen LogP contribution in [0.25, 0.3) is 0 Å². The lowest BCUT2D eigenvalue weighted by Gasteiger charge is -2.39. The van der Waals surface area contributed by atoms with Crippen molar-refractivity contribution in [1.29, 1.82) is 0 Å². The average Bonchev–Trinajstić information content (AvgIpc) is 3.26. The number of ether oxygens (including phenoxy) is 2. The van der Waals surface area contributed by atoms with Gasteiger partial charge in [-0.2, -0.15) is 0 Å². The number of pyridine rings is 1. The molecule has 2 aliphatic heterocycles. The molecule has 4 rings (SSSR count). The lowest BCUT2D eigenvalue weighted by Crippen LogP contribution is -2.50. The summed E-state index contributed by atoms with van der Waals surface area (Å²) in [6, 6.07) is 7.18. The van der Waals surface area contributed by atoms with E-state index in [2.05, 4.69) is 4.98 Å². The zero-order chi connectivity index (χ0) is 16.4. The van der Waals surface area contributed by atoms with Crippen LogP contribution in [0.2, 0.25) is 0 Å². The Morgan fingerprint density at radius 1 is 1.38 bits per heavy atom. The number of piperidine rings is 1. The van der Waals surface area contributed by atoms with Crippen LogP contribution < -0.4 is 4.74 Å². The summed E-state index contributed by atoms with van der Waals surface area (Å²) in [5.41, 5.74) is -0.312. The van der Waals surface area contributed by atoms with Gasteiger partial charge in [0, 0.05) is 19.2 Å². The molecule has 4 heterocycles. The molecule has 0 N–H and O–H groups in total. The first-order valence-electron chi connectivity index (χ1n) is 8.28. The second kappa shape index (κ2) is 6.28. The standard InChI is InChI=1S/C18H20N2O4/c21-17(16-5-2-9-22-16)20-8-3-6-18(13-20)10-15(12-23-18)24-14-4-1-7-19-11-14/h1-2,4-5,7,9,11,15H,3,6,8,10,12-13H2. The van der Waals surface area contributed by atoms with Gasteiger partial charge in [0.2, 0.25) is 0 Å². The third-order valence-electron chi connectivity index (χ3n) is 4.67. The van der Waals surface area contributed by atoms with Crippen LogP contribution in [-0.2, 0) is 4.74 Å². The molecular formula is C18H20N2O4. The van der Waals surface area contributed by atoms with Crippen molar-refractivity contribution in [2.24, 2.45) is 0 Å². The molecular weight excluding hydrogens is 308 g/mol. The van der Waals surface area contributed by atoms with Crippen LogP contribution in [0.3, 0.4) is 0 Å². The topological polar surface area (TPSA) is 64.8 Å². The molecule has 0 bridgehead atoms. The first-order chi connectivity index (χ1) is 11.7. The SMILES string of the molecule is O=C(c1ccco1)N1CCCC2(CC(Oc3cccnc3)CO2)C1. The molecule has 2 atom stereocenters. The summed E-state index contributed by atoms with van der Waals surface area (Å²) in [4.78, 5) is 18.4. The van der Waals surface area contributed by atoms with E-state index in [0.717, 1.165) is 31.6 Å². The molecule has 6 nitrogen and oxygen atoms in total. The van der Waals surface area contributed by atoms with E-state index in [-0.39, 0.29) is 17.6 Å². The Labute approximate surface area is 140 Å². The number of likely N-dealkylation sites (tertiary alicyclic amines) is 1. The number of hydrogen-bond acceptors (Lipinski definition) is 5. The fourth-order valence-electron chi connectivity index (χ4n) is 3.60. The fraction of sp³-hybridized carbons (Fsp3) is 0.444. The second-order valence-electron chi connectivity index (χ2n) is 6.43. The predicted molar refractivity (Wildman–Crippen MR) is 85.8 cm³/mol. The number of carbonyl (C=O) groups excluding carboxylic acids is 1. The van der Waals surface area contributed by atoms with Crippen LogP contribution in [0, 0.1) is 0 Å². The Bertz CT molecular complexity index is 688. The van der Waals surface area contributed by atoms with Crippen molar-refractivity contribution >= 4 is 5.91 Å². The van der Waals surface area contributed by atoms with E-state index in [0.29, 0.717) is 18.9 Å². The van der Waals surface area contributed by atoms with Gasteiger partial charge in [-0.05, 0) is 37.1 Å². The highest BCUT2D eigenvalue weighted by molar-refractivity contribution is 5.91. The highest BCUT2D eigenvalue weighted by atomic mass is 16.6. The molecule has 126 valence electrons. The van der Waals surface area contributed by atoms with Gasteiger partial charge in [0.15, 0.2) is 5.76 Å². The zero-order valence-corrected chi connectivity index (χ0v) is 13.4. The van der Waals surface area contributed by atoms with E-state index in [1.165, 1.54) is 6.26 Å². The van der Waals surface area contributed by atoms with Crippen molar-refractivity contribution < 1.29 is 18.7 Å². The van der Waals surface area contributed by atoms with Crippen LogP contribution in [0.15, 0.2) is 47.3 Å². The lowest BCUT2D eigenvalue weighted by atomic mass is 9.89. The monoisotopic (exact) mass is 328 g/mol. The second-order valence-corrected chi connectivity index (χ2v) is 6.43. The Balaban J connectivity index is 1.41. The first-order valence-corrected chi connectivity index (χ1v) is 8.28. The van der Waals surface area contributed by atoms with Crippen molar-refractivity contribution in [3.63, 3.8) is 0 Å². The minimum Gasteiger partial charge on any atom is -0.486 e. The van der Waals surface area contributed by atoms with E-state index in [1.807, 2.05) is 17.0 Å². The van der Waals surface area contributed by atoms with Crippen LogP contribution in [0.5, 0.6) is 5.75 Å². The van der Waals surface area contributed by atoms with Gasteiger partial charge in [0.25, 0.3) is 5.91 Å². The summed E-state index contributed by atoms with van der Waals surface area (Å²) in [5.74, 6) is 1.06. The molecule has 2 aromatic heterocycles. The van der Waals surface area contributed by atoms with E-state index in [4.69, 9.17) is 13.9 Å². The minimum absolute atomic E-state index is 0.00661. The number of rotatable bonds is 3. The number of carbonyl (C=O) groups is 1. The molecule has 0 saturated carbocycles. The van der Waals surface area contributed by atoms with Crippen molar-refractivity contribution in [2.75, 3.05) is 19.7 Å². The van der Waals surface area contributed by atoms with Gasteiger partial charge in [-0.3, -0.25) is 9.78 Å². The summed E-state index contributed by atoms with van der Waals surface area (Å²) in [6.07, 6.45) is 7.60. The Morgan fingerprint density at radius 2 is 2.33 bits per heavy atom. The maximum absolute atomic E-state index is 12.5. The summed E-state index contributed by atoms with van der Waals surface area (Å²) >= 11 is 0. The Morgan fingerprint density at radius 3 is 3.12 bits per heavy atom. The Hall–Kier alpha value is -2.34. The highest BCUT2D eigenvalue weighted by Crippen LogP contribution is 2.36. The van der Waals surface area contributed by atoms with E-state index in [9.17, 15) is 4.79 Å². The number of hydrogen-bond donors (Lipinski definition) is 0. The summed E-state index contributed by atoms with van der Waals surface area (Å²) < 4.78 is 17.3. The number of amides is 1. The van der Waals surface area contributed by atoms with Crippen molar-refractivity contribution in [3.8, 4) is 5.75 Å². The first kappa shape index (κ1) is 15.2. The average molecular weight is 328 g/mol. The molecule has 2 unspecified atom stereocenters. The highest BCUT2D eigenvalue weighted by Gasteiger charge is 2.45. The molecule has 1 amide bonds. The summed E-state index contributed by atoms with van der Waals surface area (Å²) in [7, 11) is 0. The predicted octanol–water partition coefficient (Wildman–Crippen LogP) is 2.52. The fourth-order valence-corrected chi connectivity index (χ4v) is 3.60. The van der Waals surface area contributed by atoms with Crippen LogP contribution >= 0.6 is 0 Å². The molecule has 0 aliphatic carbocycles. The molecule has 2 fully saturated rings. The number of aromatic nitrogens is 1. The quantitative estimate of drug-likeness (QED) is 0.866. The van der Waals surface area contributed by atoms with Gasteiger partial charge >= 0.3 is 0 Å². The van der Waals surface area contributed by atoms with Gasteiger partial charge in [-0.1, -0.05) is 0 Å². The molecule has 1 spiro atoms. The number of nitrogens with zero attached hydrogens (tertiary/aromatic N) is 2. The minimum atomic E-state index is -0.312. The lowest BCUT2D eigenvalue weighted by molar-refractivity contribution is -0.0458. The molecule has 24 heavy (non-hydrogen) atoms. The molecule has 0 radical (unpaired) electrons. The van der Waals surface area contributed by atoms with Crippen molar-refractivity contribution in [1.82, 2.24) is 9.88 Å². The van der Waals surface area contributed by atoms with E-state index >= 15 is 0 Å². The largest absolute Gasteiger partial charge is 0.486 e. The number of furan rings is 1. The maximum atomic E-state index is 12.5. The molecule has 2 saturated heterocycles. The van der Waals surface area contributed by atoms with E-state index < -0.39 is 0 Å². The Kier molecular flexibility index (Phi) is 3.98. The zero-order valence-electron chi connectivity index (χ0n) is 13.4. The smallest absolute Gasteiger partial charge is 0.289 e. The van der Waals surface area contributed by atoms with Crippen LogP contribution in [0.4, 0.5) is 0 Å². The normalized spacial score (nSPS) is 26.7. The van der Waals surface area contributed by atoms with Gasteiger partial charge in [0.1, 0.15) is 11.9 Å².